The average Bonchev–Trinajstić information content (AvgIpc) is 2.54. The van der Waals surface area contributed by atoms with Crippen LogP contribution in [0.1, 0.15) is 28.8 Å². The van der Waals surface area contributed by atoms with E-state index in [-0.39, 0.29) is 18.6 Å². The summed E-state index contributed by atoms with van der Waals surface area (Å²) in [6.07, 6.45) is -0.469. The minimum atomic E-state index is -1.26. The van der Waals surface area contributed by atoms with Crippen LogP contribution in [-0.4, -0.2) is 17.7 Å². The molecule has 0 fully saturated rings. The van der Waals surface area contributed by atoms with E-state index in [4.69, 9.17) is 0 Å². The van der Waals surface area contributed by atoms with Crippen LogP contribution in [0.3, 0.4) is 0 Å². The van der Waals surface area contributed by atoms with Gasteiger partial charge < -0.3 is 15.2 Å². The predicted octanol–water partition coefficient (Wildman–Crippen LogP) is 1.39. The fraction of sp³-hybridized carbons (Fsp3) is 0.118. The summed E-state index contributed by atoms with van der Waals surface area (Å²) in [4.78, 5) is 34.0. The van der Waals surface area contributed by atoms with E-state index < -0.39 is 11.9 Å². The standard InChI is InChI=1S/C17H15NO4/c19-15(10-11-16(20)21)18-14-8-6-13(7-9-14)17(22)12-4-2-1-3-5-12/h1-9H,10-11H2,(H,18,19)(H,20,21)/p-1. The molecule has 112 valence electrons. The second-order valence-electron chi connectivity index (χ2n) is 4.69. The zero-order valence-corrected chi connectivity index (χ0v) is 11.7. The molecule has 1 N–H and O–H groups in total. The topological polar surface area (TPSA) is 86.3 Å². The lowest BCUT2D eigenvalue weighted by atomic mass is 10.0. The van der Waals surface area contributed by atoms with Crippen LogP contribution >= 0.6 is 0 Å². The Balaban J connectivity index is 2.00. The first kappa shape index (κ1) is 15.4. The smallest absolute Gasteiger partial charge is 0.224 e. The number of anilines is 1. The molecule has 0 aromatic heterocycles. The molecule has 0 unspecified atom stereocenters. The van der Waals surface area contributed by atoms with Gasteiger partial charge >= 0.3 is 0 Å². The van der Waals surface area contributed by atoms with E-state index in [9.17, 15) is 19.5 Å². The number of carbonyl (C=O) groups is 3. The van der Waals surface area contributed by atoms with Gasteiger partial charge in [-0.15, -0.1) is 0 Å². The Morgan fingerprint density at radius 3 is 2.00 bits per heavy atom. The third-order valence-corrected chi connectivity index (χ3v) is 3.02. The molecule has 2 rings (SSSR count). The normalized spacial score (nSPS) is 10.0. The third-order valence-electron chi connectivity index (χ3n) is 3.02. The van der Waals surface area contributed by atoms with Crippen LogP contribution in [0.15, 0.2) is 54.6 Å². The first-order valence-electron chi connectivity index (χ1n) is 6.76. The molecule has 0 aliphatic heterocycles. The Morgan fingerprint density at radius 2 is 1.41 bits per heavy atom. The molecule has 1 amide bonds. The zero-order valence-electron chi connectivity index (χ0n) is 11.7. The maximum Gasteiger partial charge on any atom is 0.224 e. The van der Waals surface area contributed by atoms with Crippen molar-refractivity contribution >= 4 is 23.3 Å². The van der Waals surface area contributed by atoms with Crippen molar-refractivity contribution in [2.45, 2.75) is 12.8 Å². The number of rotatable bonds is 6. The van der Waals surface area contributed by atoms with Gasteiger partial charge in [-0.2, -0.15) is 0 Å². The van der Waals surface area contributed by atoms with E-state index in [1.165, 1.54) is 0 Å². The van der Waals surface area contributed by atoms with Crippen molar-refractivity contribution in [3.8, 4) is 0 Å². The highest BCUT2D eigenvalue weighted by molar-refractivity contribution is 6.09. The number of carboxylic acids is 1. The number of hydrogen-bond acceptors (Lipinski definition) is 4. The maximum atomic E-state index is 12.2. The van der Waals surface area contributed by atoms with Gasteiger partial charge in [-0.1, -0.05) is 30.3 Å². The van der Waals surface area contributed by atoms with Crippen LogP contribution in [0, 0.1) is 0 Å². The van der Waals surface area contributed by atoms with E-state index in [0.29, 0.717) is 16.8 Å². The molecule has 0 saturated carbocycles. The molecule has 5 nitrogen and oxygen atoms in total. The van der Waals surface area contributed by atoms with Crippen molar-refractivity contribution in [1.29, 1.82) is 0 Å². The monoisotopic (exact) mass is 296 g/mol. The highest BCUT2D eigenvalue weighted by Gasteiger charge is 2.09. The van der Waals surface area contributed by atoms with Crippen molar-refractivity contribution < 1.29 is 19.5 Å². The Bertz CT molecular complexity index is 678. The summed E-state index contributed by atoms with van der Waals surface area (Å²) in [7, 11) is 0. The van der Waals surface area contributed by atoms with Gasteiger partial charge in [0.25, 0.3) is 0 Å². The average molecular weight is 296 g/mol. The first-order chi connectivity index (χ1) is 10.6. The van der Waals surface area contributed by atoms with Crippen LogP contribution in [0.5, 0.6) is 0 Å². The molecule has 0 spiro atoms. The number of aliphatic carboxylic acids is 1. The van der Waals surface area contributed by atoms with Gasteiger partial charge in [0.15, 0.2) is 5.78 Å². The third kappa shape index (κ3) is 4.28. The Labute approximate surface area is 127 Å². The summed E-state index contributed by atoms with van der Waals surface area (Å²) in [6.45, 7) is 0. The van der Waals surface area contributed by atoms with Crippen molar-refractivity contribution in [3.63, 3.8) is 0 Å². The SMILES string of the molecule is O=C([O-])CCC(=O)Nc1ccc(C(=O)c2ccccc2)cc1. The van der Waals surface area contributed by atoms with Crippen LogP contribution in [-0.2, 0) is 9.59 Å². The second kappa shape index (κ2) is 7.17. The molecule has 2 aromatic rings. The van der Waals surface area contributed by atoms with Gasteiger partial charge in [0.05, 0.1) is 0 Å². The summed E-state index contributed by atoms with van der Waals surface area (Å²) in [6, 6.07) is 15.3. The van der Waals surface area contributed by atoms with Crippen LogP contribution in [0.4, 0.5) is 5.69 Å². The van der Waals surface area contributed by atoms with Crippen molar-refractivity contribution in [2.75, 3.05) is 5.32 Å². The minimum Gasteiger partial charge on any atom is -0.550 e. The molecular weight excluding hydrogens is 282 g/mol. The van der Waals surface area contributed by atoms with Gasteiger partial charge in [0, 0.05) is 29.2 Å². The van der Waals surface area contributed by atoms with Crippen LogP contribution in [0.2, 0.25) is 0 Å². The lowest BCUT2D eigenvalue weighted by molar-refractivity contribution is -0.305. The summed E-state index contributed by atoms with van der Waals surface area (Å²) in [5, 5.41) is 12.8. The molecule has 0 bridgehead atoms. The number of carboxylic acid groups (broad SMARTS) is 1. The van der Waals surface area contributed by atoms with E-state index in [1.54, 1.807) is 48.5 Å². The molecule has 22 heavy (non-hydrogen) atoms. The predicted molar refractivity (Wildman–Crippen MR) is 79.2 cm³/mol. The molecule has 0 aliphatic rings. The fourth-order valence-corrected chi connectivity index (χ4v) is 1.90. The van der Waals surface area contributed by atoms with Gasteiger partial charge in [-0.05, 0) is 30.7 Å². The summed E-state index contributed by atoms with van der Waals surface area (Å²) >= 11 is 0. The number of carbonyl (C=O) groups excluding carboxylic acids is 3. The largest absolute Gasteiger partial charge is 0.550 e. The van der Waals surface area contributed by atoms with Crippen molar-refractivity contribution in [3.05, 3.63) is 65.7 Å². The lowest BCUT2D eigenvalue weighted by Crippen LogP contribution is -2.24. The molecule has 0 saturated heterocycles. The number of benzene rings is 2. The van der Waals surface area contributed by atoms with Crippen molar-refractivity contribution in [2.24, 2.45) is 0 Å². The Kier molecular flexibility index (Phi) is 5.03. The van der Waals surface area contributed by atoms with Crippen LogP contribution < -0.4 is 10.4 Å². The summed E-state index contributed by atoms with van der Waals surface area (Å²) in [5.41, 5.74) is 1.61. The molecule has 2 aromatic carbocycles. The number of amides is 1. The summed E-state index contributed by atoms with van der Waals surface area (Å²) in [5.74, 6) is -1.78. The number of hydrogen-bond donors (Lipinski definition) is 1. The molecule has 5 heteroatoms. The van der Waals surface area contributed by atoms with Crippen molar-refractivity contribution in [1.82, 2.24) is 0 Å². The highest BCUT2D eigenvalue weighted by Crippen LogP contribution is 2.14. The van der Waals surface area contributed by atoms with Crippen LogP contribution in [0.25, 0.3) is 0 Å². The zero-order chi connectivity index (χ0) is 15.9. The van der Waals surface area contributed by atoms with E-state index in [2.05, 4.69) is 5.32 Å². The van der Waals surface area contributed by atoms with E-state index >= 15 is 0 Å². The molecule has 0 heterocycles. The fourth-order valence-electron chi connectivity index (χ4n) is 1.90. The van der Waals surface area contributed by atoms with Gasteiger partial charge in [-0.25, -0.2) is 0 Å². The number of nitrogens with one attached hydrogen (secondary N) is 1. The summed E-state index contributed by atoms with van der Waals surface area (Å²) < 4.78 is 0. The second-order valence-corrected chi connectivity index (χ2v) is 4.69. The Hall–Kier alpha value is -2.95. The van der Waals surface area contributed by atoms with Gasteiger partial charge in [0.1, 0.15) is 0 Å². The quantitative estimate of drug-likeness (QED) is 0.816. The minimum absolute atomic E-state index is 0.101. The molecule has 0 aliphatic carbocycles. The van der Waals surface area contributed by atoms with E-state index in [1.807, 2.05) is 6.07 Å². The van der Waals surface area contributed by atoms with Gasteiger partial charge in [0.2, 0.25) is 5.91 Å². The highest BCUT2D eigenvalue weighted by atomic mass is 16.4. The Morgan fingerprint density at radius 1 is 0.818 bits per heavy atom. The molecule has 0 radical (unpaired) electrons. The molecular formula is C17H14NO4-. The lowest BCUT2D eigenvalue weighted by Gasteiger charge is -2.07. The molecule has 0 atom stereocenters. The van der Waals surface area contributed by atoms with Gasteiger partial charge in [-0.3, -0.25) is 9.59 Å². The maximum absolute atomic E-state index is 12.2. The number of ketones is 1. The van der Waals surface area contributed by atoms with E-state index in [0.717, 1.165) is 0 Å². The first-order valence-corrected chi connectivity index (χ1v) is 6.76.